The van der Waals surface area contributed by atoms with Crippen molar-refractivity contribution in [3.63, 3.8) is 0 Å². The highest BCUT2D eigenvalue weighted by atomic mass is 15.3. The summed E-state index contributed by atoms with van der Waals surface area (Å²) in [6, 6.07) is 0.745. The van der Waals surface area contributed by atoms with E-state index in [0.717, 1.165) is 31.3 Å². The zero-order valence-electron chi connectivity index (χ0n) is 10.9. The van der Waals surface area contributed by atoms with Crippen molar-refractivity contribution in [3.05, 3.63) is 17.0 Å². The van der Waals surface area contributed by atoms with E-state index in [2.05, 4.69) is 38.2 Å². The summed E-state index contributed by atoms with van der Waals surface area (Å²) in [5.41, 5.74) is 4.09. The highest BCUT2D eigenvalue weighted by Gasteiger charge is 2.32. The largest absolute Gasteiger partial charge is 0.310 e. The molecule has 1 saturated carbocycles. The molecule has 0 saturated heterocycles. The predicted molar refractivity (Wildman–Crippen MR) is 66.4 cm³/mol. The van der Waals surface area contributed by atoms with E-state index in [1.54, 1.807) is 0 Å². The second-order valence-corrected chi connectivity index (χ2v) is 4.90. The number of aryl methyl sites for hydroxylation is 2. The van der Waals surface area contributed by atoms with Gasteiger partial charge in [-0.05, 0) is 25.2 Å². The molecule has 3 nitrogen and oxygen atoms in total. The molecule has 0 spiro atoms. The Labute approximate surface area is 98.2 Å². The fraction of sp³-hybridized carbons (Fsp3) is 0.769. The lowest BCUT2D eigenvalue weighted by molar-refractivity contribution is 0.642. The Morgan fingerprint density at radius 2 is 2.06 bits per heavy atom. The molecule has 1 fully saturated rings. The van der Waals surface area contributed by atoms with Gasteiger partial charge in [-0.2, -0.15) is 5.10 Å². The smallest absolute Gasteiger partial charge is 0.0669 e. The quantitative estimate of drug-likeness (QED) is 0.824. The summed E-state index contributed by atoms with van der Waals surface area (Å²) in [6.07, 6.45) is 3.44. The third-order valence-electron chi connectivity index (χ3n) is 3.68. The molecule has 1 aliphatic carbocycles. The standard InChI is InChI=1S/C13H23N3/c1-5-11-10(8-14-12-7-9(12)3)13(6-2)16(4)15-11/h9,12,14H,5-8H2,1-4H3. The van der Waals surface area contributed by atoms with Crippen molar-refractivity contribution in [1.82, 2.24) is 15.1 Å². The topological polar surface area (TPSA) is 29.9 Å². The summed E-state index contributed by atoms with van der Waals surface area (Å²) in [7, 11) is 2.06. The molecule has 3 heteroatoms. The second-order valence-electron chi connectivity index (χ2n) is 4.90. The van der Waals surface area contributed by atoms with Crippen LogP contribution in [0.5, 0.6) is 0 Å². The maximum atomic E-state index is 4.59. The first kappa shape index (κ1) is 11.6. The molecule has 2 unspecified atom stereocenters. The third-order valence-corrected chi connectivity index (χ3v) is 3.68. The Morgan fingerprint density at radius 1 is 1.38 bits per heavy atom. The van der Waals surface area contributed by atoms with E-state index in [9.17, 15) is 0 Å². The van der Waals surface area contributed by atoms with E-state index in [4.69, 9.17) is 0 Å². The Kier molecular flexibility index (Phi) is 3.33. The third kappa shape index (κ3) is 2.14. The van der Waals surface area contributed by atoms with Crippen LogP contribution in [0.2, 0.25) is 0 Å². The van der Waals surface area contributed by atoms with Gasteiger partial charge in [0.25, 0.3) is 0 Å². The van der Waals surface area contributed by atoms with Crippen molar-refractivity contribution >= 4 is 0 Å². The normalized spacial score (nSPS) is 23.8. The van der Waals surface area contributed by atoms with E-state index in [0.29, 0.717) is 0 Å². The average molecular weight is 221 g/mol. The van der Waals surface area contributed by atoms with Crippen LogP contribution in [-0.4, -0.2) is 15.8 Å². The van der Waals surface area contributed by atoms with Crippen LogP contribution in [0.25, 0.3) is 0 Å². The molecule has 16 heavy (non-hydrogen) atoms. The van der Waals surface area contributed by atoms with Gasteiger partial charge in [-0.3, -0.25) is 4.68 Å². The maximum Gasteiger partial charge on any atom is 0.0669 e. The van der Waals surface area contributed by atoms with Gasteiger partial charge in [-0.25, -0.2) is 0 Å². The monoisotopic (exact) mass is 221 g/mol. The van der Waals surface area contributed by atoms with Gasteiger partial charge in [0, 0.05) is 30.9 Å². The molecule has 1 N–H and O–H groups in total. The van der Waals surface area contributed by atoms with E-state index >= 15 is 0 Å². The van der Waals surface area contributed by atoms with E-state index < -0.39 is 0 Å². The molecule has 0 bridgehead atoms. The molecule has 1 aliphatic rings. The fourth-order valence-electron chi connectivity index (χ4n) is 2.43. The molecule has 0 aliphatic heterocycles. The van der Waals surface area contributed by atoms with Gasteiger partial charge >= 0.3 is 0 Å². The molecular formula is C13H23N3. The lowest BCUT2D eigenvalue weighted by Crippen LogP contribution is -2.18. The van der Waals surface area contributed by atoms with Gasteiger partial charge in [0.15, 0.2) is 0 Å². The van der Waals surface area contributed by atoms with Crippen LogP contribution in [0.1, 0.15) is 44.1 Å². The number of rotatable bonds is 5. The molecule has 1 aromatic rings. The van der Waals surface area contributed by atoms with Gasteiger partial charge < -0.3 is 5.32 Å². The average Bonchev–Trinajstić information content (AvgIpc) is 2.87. The van der Waals surface area contributed by atoms with Gasteiger partial charge in [-0.15, -0.1) is 0 Å². The van der Waals surface area contributed by atoms with Crippen molar-refractivity contribution in [3.8, 4) is 0 Å². The highest BCUT2D eigenvalue weighted by molar-refractivity contribution is 5.26. The van der Waals surface area contributed by atoms with Crippen molar-refractivity contribution < 1.29 is 0 Å². The number of nitrogens with zero attached hydrogens (tertiary/aromatic N) is 2. The molecule has 1 heterocycles. The number of hydrogen-bond donors (Lipinski definition) is 1. The summed E-state index contributed by atoms with van der Waals surface area (Å²) >= 11 is 0. The van der Waals surface area contributed by atoms with E-state index in [-0.39, 0.29) is 0 Å². The van der Waals surface area contributed by atoms with Crippen molar-refractivity contribution in [2.45, 2.75) is 52.6 Å². The van der Waals surface area contributed by atoms with Crippen LogP contribution in [0.4, 0.5) is 0 Å². The molecule has 0 radical (unpaired) electrons. The first-order chi connectivity index (χ1) is 7.67. The van der Waals surface area contributed by atoms with Gasteiger partial charge in [0.05, 0.1) is 5.69 Å². The first-order valence-corrected chi connectivity index (χ1v) is 6.44. The summed E-state index contributed by atoms with van der Waals surface area (Å²) < 4.78 is 2.05. The fourth-order valence-corrected chi connectivity index (χ4v) is 2.43. The van der Waals surface area contributed by atoms with Gasteiger partial charge in [0.1, 0.15) is 0 Å². The van der Waals surface area contributed by atoms with Crippen molar-refractivity contribution in [2.75, 3.05) is 0 Å². The maximum absolute atomic E-state index is 4.59. The molecule has 90 valence electrons. The van der Waals surface area contributed by atoms with Gasteiger partial charge in [-0.1, -0.05) is 20.8 Å². The van der Waals surface area contributed by atoms with Gasteiger partial charge in [0.2, 0.25) is 0 Å². The predicted octanol–water partition coefficient (Wildman–Crippen LogP) is 2.04. The van der Waals surface area contributed by atoms with Crippen LogP contribution in [0.3, 0.4) is 0 Å². The first-order valence-electron chi connectivity index (χ1n) is 6.44. The molecular weight excluding hydrogens is 198 g/mol. The lowest BCUT2D eigenvalue weighted by Gasteiger charge is -2.06. The van der Waals surface area contributed by atoms with Crippen LogP contribution in [0, 0.1) is 5.92 Å². The van der Waals surface area contributed by atoms with E-state index in [1.165, 1.54) is 23.4 Å². The Balaban J connectivity index is 2.10. The SMILES string of the molecule is CCc1nn(C)c(CC)c1CNC1CC1C. The number of aromatic nitrogens is 2. The highest BCUT2D eigenvalue weighted by Crippen LogP contribution is 2.29. The summed E-state index contributed by atoms with van der Waals surface area (Å²) in [5.74, 6) is 0.867. The molecule has 1 aromatic heterocycles. The molecule has 0 aromatic carbocycles. The van der Waals surface area contributed by atoms with Crippen LogP contribution < -0.4 is 5.32 Å². The minimum absolute atomic E-state index is 0.745. The number of nitrogens with one attached hydrogen (secondary N) is 1. The van der Waals surface area contributed by atoms with Crippen molar-refractivity contribution in [1.29, 1.82) is 0 Å². The zero-order valence-corrected chi connectivity index (χ0v) is 10.9. The summed E-state index contributed by atoms with van der Waals surface area (Å²) in [5, 5.41) is 8.23. The summed E-state index contributed by atoms with van der Waals surface area (Å²) in [6.45, 7) is 7.70. The van der Waals surface area contributed by atoms with Crippen LogP contribution in [-0.2, 0) is 26.4 Å². The molecule has 2 rings (SSSR count). The Bertz CT molecular complexity index is 367. The number of hydrogen-bond acceptors (Lipinski definition) is 2. The Hall–Kier alpha value is -0.830. The lowest BCUT2D eigenvalue weighted by atomic mass is 10.1. The van der Waals surface area contributed by atoms with E-state index in [1.807, 2.05) is 4.68 Å². The second kappa shape index (κ2) is 4.58. The Morgan fingerprint density at radius 3 is 2.56 bits per heavy atom. The molecule has 2 atom stereocenters. The molecule has 0 amide bonds. The van der Waals surface area contributed by atoms with Crippen LogP contribution >= 0.6 is 0 Å². The van der Waals surface area contributed by atoms with Crippen molar-refractivity contribution in [2.24, 2.45) is 13.0 Å². The zero-order chi connectivity index (χ0) is 11.7. The minimum atomic E-state index is 0.745. The minimum Gasteiger partial charge on any atom is -0.310 e. The van der Waals surface area contributed by atoms with Crippen LogP contribution in [0.15, 0.2) is 0 Å². The summed E-state index contributed by atoms with van der Waals surface area (Å²) in [4.78, 5) is 0.